The fraction of sp³-hybridized carbons (Fsp3) is 0.909. The van der Waals surface area contributed by atoms with Crippen LogP contribution in [0.25, 0.3) is 0 Å². The molecule has 1 heterocycles. The van der Waals surface area contributed by atoms with E-state index in [0.717, 1.165) is 25.9 Å². The van der Waals surface area contributed by atoms with Crippen molar-refractivity contribution in [1.29, 1.82) is 0 Å². The number of nitrogens with two attached hydrogens (primary N) is 1. The molecule has 1 fully saturated rings. The number of hydrogen-bond acceptors (Lipinski definition) is 3. The summed E-state index contributed by atoms with van der Waals surface area (Å²) in [6.45, 7) is 4.13. The van der Waals surface area contributed by atoms with Crippen LogP contribution in [-0.4, -0.2) is 31.7 Å². The number of amides is 1. The van der Waals surface area contributed by atoms with E-state index in [1.807, 2.05) is 0 Å². The maximum absolute atomic E-state index is 11.5. The largest absolute Gasteiger partial charge is 0.376 e. The first kappa shape index (κ1) is 12.5. The van der Waals surface area contributed by atoms with E-state index in [4.69, 9.17) is 10.5 Å². The molecule has 0 aromatic rings. The van der Waals surface area contributed by atoms with Crippen LogP contribution in [0.5, 0.6) is 0 Å². The lowest BCUT2D eigenvalue weighted by Gasteiger charge is -2.14. The van der Waals surface area contributed by atoms with Gasteiger partial charge >= 0.3 is 0 Å². The number of carbonyl (C=O) groups is 1. The van der Waals surface area contributed by atoms with E-state index in [1.54, 1.807) is 0 Å². The molecule has 15 heavy (non-hydrogen) atoms. The summed E-state index contributed by atoms with van der Waals surface area (Å²) in [4.78, 5) is 11.5. The van der Waals surface area contributed by atoms with Crippen LogP contribution in [0, 0.1) is 5.92 Å². The van der Waals surface area contributed by atoms with Crippen molar-refractivity contribution in [3.8, 4) is 0 Å². The van der Waals surface area contributed by atoms with Crippen molar-refractivity contribution in [3.63, 3.8) is 0 Å². The summed E-state index contributed by atoms with van der Waals surface area (Å²) in [6.07, 6.45) is 3.91. The Morgan fingerprint density at radius 3 is 3.00 bits per heavy atom. The number of nitrogens with one attached hydrogen (secondary N) is 1. The monoisotopic (exact) mass is 214 g/mol. The number of hydrogen-bond donors (Lipinski definition) is 2. The van der Waals surface area contributed by atoms with Crippen LogP contribution in [0.2, 0.25) is 0 Å². The van der Waals surface area contributed by atoms with E-state index in [1.165, 1.54) is 0 Å². The molecular weight excluding hydrogens is 192 g/mol. The predicted molar refractivity (Wildman–Crippen MR) is 59.4 cm³/mol. The molecule has 3 N–H and O–H groups in total. The van der Waals surface area contributed by atoms with E-state index in [-0.39, 0.29) is 12.0 Å². The molecule has 1 aliphatic heterocycles. The second-order valence-electron chi connectivity index (χ2n) is 4.15. The molecule has 1 aliphatic rings. The van der Waals surface area contributed by atoms with E-state index < -0.39 is 0 Å². The fourth-order valence-electron chi connectivity index (χ4n) is 1.76. The Bertz CT molecular complexity index is 187. The normalized spacial score (nSPS) is 22.7. The zero-order chi connectivity index (χ0) is 11.1. The van der Waals surface area contributed by atoms with Gasteiger partial charge < -0.3 is 15.8 Å². The van der Waals surface area contributed by atoms with E-state index in [0.29, 0.717) is 25.4 Å². The van der Waals surface area contributed by atoms with Crippen molar-refractivity contribution in [1.82, 2.24) is 5.32 Å². The molecule has 2 atom stereocenters. The number of rotatable bonds is 6. The first-order valence-electron chi connectivity index (χ1n) is 5.84. The average molecular weight is 214 g/mol. The van der Waals surface area contributed by atoms with Gasteiger partial charge in [-0.25, -0.2) is 0 Å². The predicted octanol–water partition coefficient (Wildman–Crippen LogP) is 0.657. The Labute approximate surface area is 91.5 Å². The molecular formula is C11H22N2O2. The van der Waals surface area contributed by atoms with Crippen molar-refractivity contribution < 1.29 is 9.53 Å². The highest BCUT2D eigenvalue weighted by molar-refractivity contribution is 5.76. The molecule has 0 bridgehead atoms. The molecule has 1 rings (SSSR count). The van der Waals surface area contributed by atoms with Crippen molar-refractivity contribution in [2.45, 2.75) is 38.7 Å². The van der Waals surface area contributed by atoms with Crippen molar-refractivity contribution in [3.05, 3.63) is 0 Å². The van der Waals surface area contributed by atoms with Gasteiger partial charge in [0.15, 0.2) is 0 Å². The Kier molecular flexibility index (Phi) is 5.65. The molecule has 0 aliphatic carbocycles. The van der Waals surface area contributed by atoms with Crippen molar-refractivity contribution >= 4 is 5.91 Å². The smallest absolute Gasteiger partial charge is 0.220 e. The lowest BCUT2D eigenvalue weighted by Crippen LogP contribution is -2.33. The van der Waals surface area contributed by atoms with Crippen molar-refractivity contribution in [2.75, 3.05) is 19.7 Å². The zero-order valence-corrected chi connectivity index (χ0v) is 9.50. The minimum Gasteiger partial charge on any atom is -0.376 e. The summed E-state index contributed by atoms with van der Waals surface area (Å²) in [5.41, 5.74) is 5.55. The summed E-state index contributed by atoms with van der Waals surface area (Å²) < 4.78 is 5.42. The topological polar surface area (TPSA) is 64.4 Å². The maximum Gasteiger partial charge on any atom is 0.220 e. The van der Waals surface area contributed by atoms with Gasteiger partial charge in [-0.1, -0.05) is 13.3 Å². The van der Waals surface area contributed by atoms with E-state index >= 15 is 0 Å². The molecule has 0 aromatic carbocycles. The van der Waals surface area contributed by atoms with Gasteiger partial charge in [0.05, 0.1) is 6.10 Å². The van der Waals surface area contributed by atoms with Crippen LogP contribution in [0.4, 0.5) is 0 Å². The quantitative estimate of drug-likeness (QED) is 0.682. The lowest BCUT2D eigenvalue weighted by atomic mass is 10.0. The molecule has 4 heteroatoms. The third kappa shape index (κ3) is 4.62. The first-order valence-corrected chi connectivity index (χ1v) is 5.84. The zero-order valence-electron chi connectivity index (χ0n) is 9.50. The van der Waals surface area contributed by atoms with Gasteiger partial charge in [0.1, 0.15) is 0 Å². The molecule has 0 spiro atoms. The minimum absolute atomic E-state index is 0.0998. The summed E-state index contributed by atoms with van der Waals surface area (Å²) in [6, 6.07) is 0. The summed E-state index contributed by atoms with van der Waals surface area (Å²) in [5.74, 6) is 0.414. The van der Waals surface area contributed by atoms with Gasteiger partial charge in [0.25, 0.3) is 0 Å². The molecule has 4 nitrogen and oxygen atoms in total. The van der Waals surface area contributed by atoms with Crippen LogP contribution in [-0.2, 0) is 9.53 Å². The van der Waals surface area contributed by atoms with Crippen LogP contribution in [0.3, 0.4) is 0 Å². The number of ether oxygens (including phenoxy) is 1. The molecule has 0 aromatic heterocycles. The van der Waals surface area contributed by atoms with Crippen LogP contribution in [0.15, 0.2) is 0 Å². The first-order chi connectivity index (χ1) is 7.26. The third-order valence-electron chi connectivity index (χ3n) is 2.94. The van der Waals surface area contributed by atoms with Crippen LogP contribution >= 0.6 is 0 Å². The fourth-order valence-corrected chi connectivity index (χ4v) is 1.76. The molecule has 0 saturated carbocycles. The lowest BCUT2D eigenvalue weighted by molar-refractivity contribution is -0.122. The second kappa shape index (κ2) is 6.80. The Balaban J connectivity index is 2.11. The minimum atomic E-state index is 0.0998. The van der Waals surface area contributed by atoms with Crippen LogP contribution < -0.4 is 11.1 Å². The summed E-state index contributed by atoms with van der Waals surface area (Å²) >= 11 is 0. The van der Waals surface area contributed by atoms with Gasteiger partial charge in [-0.2, -0.15) is 0 Å². The Hall–Kier alpha value is -0.610. The molecule has 2 unspecified atom stereocenters. The standard InChI is InChI=1S/C11H22N2O2/c1-2-9(7-12)6-11(14)13-8-10-4-3-5-15-10/h9-10H,2-8,12H2,1H3,(H,13,14). The summed E-state index contributed by atoms with van der Waals surface area (Å²) in [5, 5.41) is 2.90. The highest BCUT2D eigenvalue weighted by Gasteiger charge is 2.17. The summed E-state index contributed by atoms with van der Waals surface area (Å²) in [7, 11) is 0. The molecule has 1 amide bonds. The Morgan fingerprint density at radius 2 is 2.47 bits per heavy atom. The Morgan fingerprint density at radius 1 is 1.67 bits per heavy atom. The van der Waals surface area contributed by atoms with Gasteiger partial charge in [-0.05, 0) is 25.3 Å². The number of carbonyl (C=O) groups excluding carboxylic acids is 1. The maximum atomic E-state index is 11.5. The van der Waals surface area contributed by atoms with Gasteiger partial charge in [-0.3, -0.25) is 4.79 Å². The average Bonchev–Trinajstić information content (AvgIpc) is 2.75. The van der Waals surface area contributed by atoms with Crippen molar-refractivity contribution in [2.24, 2.45) is 11.7 Å². The van der Waals surface area contributed by atoms with Gasteiger partial charge in [-0.15, -0.1) is 0 Å². The molecule has 1 saturated heterocycles. The SMILES string of the molecule is CCC(CN)CC(=O)NCC1CCCO1. The molecule has 0 radical (unpaired) electrons. The second-order valence-corrected chi connectivity index (χ2v) is 4.15. The highest BCUT2D eigenvalue weighted by Crippen LogP contribution is 2.11. The molecule has 88 valence electrons. The highest BCUT2D eigenvalue weighted by atomic mass is 16.5. The van der Waals surface area contributed by atoms with E-state index in [9.17, 15) is 4.79 Å². The third-order valence-corrected chi connectivity index (χ3v) is 2.94. The van der Waals surface area contributed by atoms with Crippen LogP contribution in [0.1, 0.15) is 32.6 Å². The van der Waals surface area contributed by atoms with Gasteiger partial charge in [0, 0.05) is 19.6 Å². The van der Waals surface area contributed by atoms with E-state index in [2.05, 4.69) is 12.2 Å². The van der Waals surface area contributed by atoms with Gasteiger partial charge in [0.2, 0.25) is 5.91 Å².